The van der Waals surface area contributed by atoms with E-state index in [2.05, 4.69) is 11.8 Å². The Morgan fingerprint density at radius 1 is 1.28 bits per heavy atom. The maximum absolute atomic E-state index is 12.8. The Kier molecular flexibility index (Phi) is 4.72. The molecule has 1 aromatic rings. The van der Waals surface area contributed by atoms with E-state index in [9.17, 15) is 4.39 Å². The van der Waals surface area contributed by atoms with Crippen LogP contribution in [0.5, 0.6) is 0 Å². The van der Waals surface area contributed by atoms with Crippen molar-refractivity contribution in [3.8, 4) is 0 Å². The Bertz CT molecular complexity index is 359. The fraction of sp³-hybridized carbons (Fsp3) is 0.600. The molecule has 1 atom stereocenters. The predicted octanol–water partition coefficient (Wildman–Crippen LogP) is 3.09. The second-order valence-corrected chi connectivity index (χ2v) is 5.21. The third-order valence-electron chi connectivity index (χ3n) is 3.60. The average molecular weight is 250 g/mol. The molecule has 0 bridgehead atoms. The van der Waals surface area contributed by atoms with Crippen molar-refractivity contribution in [2.75, 3.05) is 13.1 Å². The van der Waals surface area contributed by atoms with E-state index in [4.69, 9.17) is 5.73 Å². The van der Waals surface area contributed by atoms with Gasteiger partial charge in [-0.3, -0.25) is 0 Å². The summed E-state index contributed by atoms with van der Waals surface area (Å²) in [5.74, 6) is -0.198. The van der Waals surface area contributed by atoms with Gasteiger partial charge in [-0.25, -0.2) is 4.39 Å². The topological polar surface area (TPSA) is 29.3 Å². The van der Waals surface area contributed by atoms with Crippen molar-refractivity contribution >= 4 is 0 Å². The highest BCUT2D eigenvalue weighted by molar-refractivity contribution is 5.19. The van der Waals surface area contributed by atoms with Gasteiger partial charge in [-0.2, -0.15) is 0 Å². The van der Waals surface area contributed by atoms with Crippen LogP contribution in [-0.2, 0) is 0 Å². The maximum atomic E-state index is 12.8. The molecule has 3 heteroatoms. The highest BCUT2D eigenvalue weighted by Gasteiger charge is 2.28. The van der Waals surface area contributed by atoms with Gasteiger partial charge in [0.2, 0.25) is 0 Å². The van der Waals surface area contributed by atoms with Crippen LogP contribution in [0.25, 0.3) is 0 Å². The first-order chi connectivity index (χ1) is 8.70. The third-order valence-corrected chi connectivity index (χ3v) is 3.60. The minimum atomic E-state index is -0.198. The number of halogens is 1. The molecule has 1 saturated carbocycles. The summed E-state index contributed by atoms with van der Waals surface area (Å²) in [6, 6.07) is 7.37. The molecule has 1 aliphatic rings. The summed E-state index contributed by atoms with van der Waals surface area (Å²) in [7, 11) is 0. The highest BCUT2D eigenvalue weighted by atomic mass is 19.1. The smallest absolute Gasteiger partial charge is 0.123 e. The van der Waals surface area contributed by atoms with Crippen molar-refractivity contribution < 1.29 is 4.39 Å². The van der Waals surface area contributed by atoms with Crippen molar-refractivity contribution in [1.82, 2.24) is 4.90 Å². The van der Waals surface area contributed by atoms with E-state index in [1.807, 2.05) is 0 Å². The Morgan fingerprint density at radius 2 is 1.94 bits per heavy atom. The zero-order valence-corrected chi connectivity index (χ0v) is 11.1. The molecule has 100 valence electrons. The molecule has 2 nitrogen and oxygen atoms in total. The van der Waals surface area contributed by atoms with Crippen LogP contribution in [-0.4, -0.2) is 24.0 Å². The molecule has 0 radical (unpaired) electrons. The van der Waals surface area contributed by atoms with Crippen LogP contribution in [0, 0.1) is 5.82 Å². The predicted molar refractivity (Wildman–Crippen MR) is 72.8 cm³/mol. The van der Waals surface area contributed by atoms with E-state index in [1.165, 1.54) is 37.9 Å². The lowest BCUT2D eigenvalue weighted by Gasteiger charge is -2.23. The standard InChI is InChI=1S/C15H23FN2/c1-2-10-18(14-7-8-14)11-9-15(17)12-3-5-13(16)6-4-12/h3-6,14-15H,2,7-11,17H2,1H3. The number of nitrogens with two attached hydrogens (primary N) is 1. The highest BCUT2D eigenvalue weighted by Crippen LogP contribution is 2.28. The Hall–Kier alpha value is -0.930. The molecule has 0 aliphatic heterocycles. The van der Waals surface area contributed by atoms with E-state index in [0.717, 1.165) is 24.6 Å². The van der Waals surface area contributed by atoms with Crippen LogP contribution in [0.15, 0.2) is 24.3 Å². The van der Waals surface area contributed by atoms with Gasteiger partial charge in [0.1, 0.15) is 5.82 Å². The summed E-state index contributed by atoms with van der Waals surface area (Å²) in [6.07, 6.45) is 4.82. The fourth-order valence-corrected chi connectivity index (χ4v) is 2.39. The van der Waals surface area contributed by atoms with Gasteiger partial charge < -0.3 is 10.6 Å². The van der Waals surface area contributed by atoms with Gasteiger partial charge in [0.25, 0.3) is 0 Å². The molecule has 2 rings (SSSR count). The zero-order valence-electron chi connectivity index (χ0n) is 11.1. The quantitative estimate of drug-likeness (QED) is 0.805. The minimum absolute atomic E-state index is 0.0173. The van der Waals surface area contributed by atoms with Crippen LogP contribution < -0.4 is 5.73 Å². The summed E-state index contributed by atoms with van der Waals surface area (Å²) in [5, 5.41) is 0. The van der Waals surface area contributed by atoms with Gasteiger partial charge in [-0.15, -0.1) is 0 Å². The van der Waals surface area contributed by atoms with E-state index >= 15 is 0 Å². The van der Waals surface area contributed by atoms with Gasteiger partial charge in [-0.1, -0.05) is 19.1 Å². The van der Waals surface area contributed by atoms with Gasteiger partial charge in [-0.05, 0) is 49.9 Å². The molecule has 1 aliphatic carbocycles. The molecule has 1 unspecified atom stereocenters. The SMILES string of the molecule is CCCN(CCC(N)c1ccc(F)cc1)C1CC1. The van der Waals surface area contributed by atoms with Crippen molar-refractivity contribution in [3.63, 3.8) is 0 Å². The number of hydrogen-bond acceptors (Lipinski definition) is 2. The van der Waals surface area contributed by atoms with Gasteiger partial charge in [0.05, 0.1) is 0 Å². The Morgan fingerprint density at radius 3 is 2.50 bits per heavy atom. The number of benzene rings is 1. The molecule has 0 heterocycles. The monoisotopic (exact) mass is 250 g/mol. The molecule has 0 saturated heterocycles. The summed E-state index contributed by atoms with van der Waals surface area (Å²) in [5.41, 5.74) is 7.19. The summed E-state index contributed by atoms with van der Waals surface area (Å²) < 4.78 is 12.8. The lowest BCUT2D eigenvalue weighted by molar-refractivity contribution is 0.253. The minimum Gasteiger partial charge on any atom is -0.324 e. The molecule has 1 aromatic carbocycles. The van der Waals surface area contributed by atoms with Crippen molar-refractivity contribution in [2.24, 2.45) is 5.73 Å². The van der Waals surface area contributed by atoms with E-state index in [1.54, 1.807) is 12.1 Å². The lowest BCUT2D eigenvalue weighted by Crippen LogP contribution is -2.30. The van der Waals surface area contributed by atoms with Crippen LogP contribution >= 0.6 is 0 Å². The van der Waals surface area contributed by atoms with Crippen LogP contribution in [0.4, 0.5) is 4.39 Å². The first-order valence-corrected chi connectivity index (χ1v) is 6.95. The Labute approximate surface area is 109 Å². The first-order valence-electron chi connectivity index (χ1n) is 6.95. The summed E-state index contributed by atoms with van der Waals surface area (Å²) in [4.78, 5) is 2.55. The van der Waals surface area contributed by atoms with Gasteiger partial charge in [0.15, 0.2) is 0 Å². The largest absolute Gasteiger partial charge is 0.324 e. The van der Waals surface area contributed by atoms with Crippen molar-refractivity contribution in [3.05, 3.63) is 35.6 Å². The second-order valence-electron chi connectivity index (χ2n) is 5.21. The average Bonchev–Trinajstić information content (AvgIpc) is 3.19. The molecule has 0 amide bonds. The summed E-state index contributed by atoms with van der Waals surface area (Å²) in [6.45, 7) is 4.44. The van der Waals surface area contributed by atoms with Crippen molar-refractivity contribution in [1.29, 1.82) is 0 Å². The Balaban J connectivity index is 1.82. The molecular formula is C15H23FN2. The first kappa shape index (κ1) is 13.5. The van der Waals surface area contributed by atoms with Gasteiger partial charge in [0, 0.05) is 18.6 Å². The molecule has 18 heavy (non-hydrogen) atoms. The molecule has 1 fully saturated rings. The zero-order chi connectivity index (χ0) is 13.0. The molecular weight excluding hydrogens is 227 g/mol. The van der Waals surface area contributed by atoms with Crippen LogP contribution in [0.3, 0.4) is 0 Å². The number of nitrogens with zero attached hydrogens (tertiary/aromatic N) is 1. The number of hydrogen-bond donors (Lipinski definition) is 1. The van der Waals surface area contributed by atoms with Crippen LogP contribution in [0.1, 0.15) is 44.2 Å². The van der Waals surface area contributed by atoms with Crippen molar-refractivity contribution in [2.45, 2.75) is 44.7 Å². The van der Waals surface area contributed by atoms with Gasteiger partial charge >= 0.3 is 0 Å². The summed E-state index contributed by atoms with van der Waals surface area (Å²) >= 11 is 0. The second kappa shape index (κ2) is 6.30. The normalized spacial score (nSPS) is 17.1. The van der Waals surface area contributed by atoms with E-state index in [0.29, 0.717) is 0 Å². The van der Waals surface area contributed by atoms with E-state index < -0.39 is 0 Å². The lowest BCUT2D eigenvalue weighted by atomic mass is 10.0. The molecule has 0 spiro atoms. The number of rotatable bonds is 7. The maximum Gasteiger partial charge on any atom is 0.123 e. The van der Waals surface area contributed by atoms with Crippen LogP contribution in [0.2, 0.25) is 0 Å². The van der Waals surface area contributed by atoms with E-state index in [-0.39, 0.29) is 11.9 Å². The molecule has 2 N–H and O–H groups in total. The fourth-order valence-electron chi connectivity index (χ4n) is 2.39. The molecule has 0 aromatic heterocycles. The third kappa shape index (κ3) is 3.79.